The lowest BCUT2D eigenvalue weighted by atomic mass is 9.65. The van der Waals surface area contributed by atoms with Crippen LogP contribution in [0, 0.1) is 34.5 Å². The third kappa shape index (κ3) is 9.26. The molecule has 0 aromatic rings. The van der Waals surface area contributed by atoms with E-state index >= 15 is 0 Å². The molecule has 8 heteroatoms. The molecule has 0 bridgehead atoms. The molecule has 0 saturated carbocycles. The molecule has 1 radical (unpaired) electrons. The van der Waals surface area contributed by atoms with Gasteiger partial charge in [0.1, 0.15) is 18.3 Å². The highest BCUT2D eigenvalue weighted by Crippen LogP contribution is 2.48. The average Bonchev–Trinajstić information content (AvgIpc) is 2.92. The molecule has 1 saturated heterocycles. The van der Waals surface area contributed by atoms with Crippen LogP contribution in [0.4, 0.5) is 0 Å². The molecule has 263 valence electrons. The van der Waals surface area contributed by atoms with Gasteiger partial charge < -0.3 is 18.3 Å². The molecular weight excluding hydrogens is 609 g/mol. The minimum absolute atomic E-state index is 0.0668. The lowest BCUT2D eigenvalue weighted by molar-refractivity contribution is -0.177. The van der Waals surface area contributed by atoms with E-state index in [4.69, 9.17) is 18.3 Å². The van der Waals surface area contributed by atoms with Crippen LogP contribution in [-0.4, -0.2) is 53.7 Å². The van der Waals surface area contributed by atoms with Gasteiger partial charge in [-0.3, -0.25) is 4.79 Å². The van der Waals surface area contributed by atoms with Gasteiger partial charge in [0, 0.05) is 18.3 Å². The fraction of sp³-hybridized carbons (Fsp3) is 0.842. The molecule has 3 rings (SSSR count). The summed E-state index contributed by atoms with van der Waals surface area (Å²) in [5, 5.41) is 0.0824. The van der Waals surface area contributed by atoms with Crippen molar-refractivity contribution in [2.75, 3.05) is 0 Å². The zero-order chi connectivity index (χ0) is 34.8. The molecule has 46 heavy (non-hydrogen) atoms. The van der Waals surface area contributed by atoms with Crippen molar-refractivity contribution < 1.29 is 27.9 Å². The van der Waals surface area contributed by atoms with Crippen LogP contribution < -0.4 is 0 Å². The molecule has 0 spiro atoms. The molecule has 3 aliphatic rings. The molecule has 6 nitrogen and oxygen atoms in total. The largest absolute Gasteiger partial charge is 0.461 e. The predicted octanol–water partition coefficient (Wildman–Crippen LogP) is 9.67. The number of carbonyl (C=O) groups excluding carboxylic acids is 2. The van der Waals surface area contributed by atoms with E-state index in [9.17, 15) is 9.59 Å². The highest BCUT2D eigenvalue weighted by molar-refractivity contribution is 6.74. The van der Waals surface area contributed by atoms with Crippen LogP contribution in [0.1, 0.15) is 114 Å². The van der Waals surface area contributed by atoms with E-state index in [-0.39, 0.29) is 58.5 Å². The zero-order valence-corrected chi connectivity index (χ0v) is 33.8. The molecule has 1 fully saturated rings. The van der Waals surface area contributed by atoms with E-state index in [1.54, 1.807) is 0 Å². The van der Waals surface area contributed by atoms with Gasteiger partial charge in [0.15, 0.2) is 8.32 Å². The van der Waals surface area contributed by atoms with Crippen LogP contribution >= 0.6 is 0 Å². The lowest BCUT2D eigenvalue weighted by Crippen LogP contribution is -2.50. The monoisotopic (exact) mass is 675 g/mol. The molecule has 2 aliphatic carbocycles. The molecule has 1 aliphatic heterocycles. The maximum Gasteiger partial charge on any atom is 0.334 e. The first kappa shape index (κ1) is 39.2. The van der Waals surface area contributed by atoms with Gasteiger partial charge in [0.2, 0.25) is 9.04 Å². The molecule has 0 N–H and O–H groups in total. The number of hydrogen-bond donors (Lipinski definition) is 0. The number of allylic oxidation sites excluding steroid dienone is 2. The van der Waals surface area contributed by atoms with E-state index in [1.165, 1.54) is 5.57 Å². The van der Waals surface area contributed by atoms with E-state index in [1.807, 2.05) is 0 Å². The van der Waals surface area contributed by atoms with Crippen molar-refractivity contribution in [2.45, 2.75) is 170 Å². The van der Waals surface area contributed by atoms with Crippen LogP contribution in [0.3, 0.4) is 0 Å². The number of cyclic esters (lactones) is 1. The van der Waals surface area contributed by atoms with Crippen molar-refractivity contribution in [3.8, 4) is 0 Å². The van der Waals surface area contributed by atoms with E-state index < -0.39 is 28.9 Å². The first-order valence-corrected chi connectivity index (χ1v) is 23.4. The topological polar surface area (TPSA) is 71.1 Å². The van der Waals surface area contributed by atoms with Gasteiger partial charge in [-0.2, -0.15) is 0 Å². The molecular formula is C38H67O6Si2. The fourth-order valence-corrected chi connectivity index (χ4v) is 9.50. The van der Waals surface area contributed by atoms with Gasteiger partial charge in [-0.05, 0) is 93.1 Å². The molecule has 1 heterocycles. The van der Waals surface area contributed by atoms with E-state index in [0.717, 1.165) is 38.5 Å². The first-order chi connectivity index (χ1) is 21.1. The Kier molecular flexibility index (Phi) is 12.9. The molecule has 9 atom stereocenters. The predicted molar refractivity (Wildman–Crippen MR) is 192 cm³/mol. The van der Waals surface area contributed by atoms with Crippen molar-refractivity contribution >= 4 is 29.3 Å². The quantitative estimate of drug-likeness (QED) is 0.152. The summed E-state index contributed by atoms with van der Waals surface area (Å²) in [5.41, 5.74) is 0.668. The second-order valence-electron chi connectivity index (χ2n) is 17.6. The third-order valence-electron chi connectivity index (χ3n) is 11.6. The van der Waals surface area contributed by atoms with Crippen molar-refractivity contribution in [3.05, 3.63) is 23.8 Å². The van der Waals surface area contributed by atoms with Crippen LogP contribution in [-0.2, 0) is 27.9 Å². The van der Waals surface area contributed by atoms with Crippen molar-refractivity contribution in [2.24, 2.45) is 34.5 Å². The first-order valence-electron chi connectivity index (χ1n) is 18.1. The second-order valence-corrected chi connectivity index (χ2v) is 24.4. The summed E-state index contributed by atoms with van der Waals surface area (Å²) in [7, 11) is -3.10. The Hall–Kier alpha value is -1.23. The Bertz CT molecular complexity index is 1120. The van der Waals surface area contributed by atoms with Crippen LogP contribution in [0.25, 0.3) is 0 Å². The van der Waals surface area contributed by atoms with E-state index in [0.29, 0.717) is 12.3 Å². The standard InChI is InChI=1S/C38H67O6Si2/c1-15-21-38(10,16-2)35(40)42-31-24-28(44-46(13,14)37(7,8)9)22-26-18-17-25(3)29(32(26)31)20-19-27-23-30(36(4,5)6)33(34(39)41-27)43-45(11)12/h17-18,22,25,27-33H,15-16,19-21,23-24H2,1-14H3. The number of ether oxygens (including phenoxy) is 2. The summed E-state index contributed by atoms with van der Waals surface area (Å²) >= 11 is 0. The number of fused-ring (bicyclic) bond motifs is 1. The Morgan fingerprint density at radius 3 is 2.24 bits per heavy atom. The molecule has 0 amide bonds. The zero-order valence-electron chi connectivity index (χ0n) is 31.8. The molecule has 0 aromatic carbocycles. The van der Waals surface area contributed by atoms with Crippen LogP contribution in [0.5, 0.6) is 0 Å². The summed E-state index contributed by atoms with van der Waals surface area (Å²) in [6.07, 6.45) is 11.6. The summed E-state index contributed by atoms with van der Waals surface area (Å²) in [6, 6.07) is 0. The smallest absolute Gasteiger partial charge is 0.334 e. The van der Waals surface area contributed by atoms with Gasteiger partial charge in [-0.25, -0.2) is 4.79 Å². The SMILES string of the molecule is CCCC(C)(CC)C(=O)OC1CC(O[Si](C)(C)C(C)(C)C)C=C2C=CC(C)C(CCC3CC(C(C)(C)C)C(O[Si](C)C)C(=O)O3)C21. The minimum Gasteiger partial charge on any atom is -0.461 e. The fourth-order valence-electron chi connectivity index (χ4n) is 7.46. The normalized spacial score (nSPS) is 32.0. The third-order valence-corrected chi connectivity index (χ3v) is 16.9. The van der Waals surface area contributed by atoms with Crippen molar-refractivity contribution in [1.82, 2.24) is 0 Å². The number of hydrogen-bond acceptors (Lipinski definition) is 6. The minimum atomic E-state index is -2.05. The maximum atomic E-state index is 13.9. The number of esters is 2. The van der Waals surface area contributed by atoms with Crippen LogP contribution in [0.2, 0.25) is 31.2 Å². The van der Waals surface area contributed by atoms with Gasteiger partial charge >= 0.3 is 11.9 Å². The summed E-state index contributed by atoms with van der Waals surface area (Å²) < 4.78 is 25.9. The highest BCUT2D eigenvalue weighted by atomic mass is 28.4. The second kappa shape index (κ2) is 15.1. The van der Waals surface area contributed by atoms with E-state index in [2.05, 4.69) is 114 Å². The van der Waals surface area contributed by atoms with Crippen LogP contribution in [0.15, 0.2) is 23.8 Å². The van der Waals surface area contributed by atoms with Gasteiger partial charge in [-0.15, -0.1) is 0 Å². The van der Waals surface area contributed by atoms with Crippen molar-refractivity contribution in [3.63, 3.8) is 0 Å². The van der Waals surface area contributed by atoms with Gasteiger partial charge in [0.05, 0.1) is 11.5 Å². The van der Waals surface area contributed by atoms with Gasteiger partial charge in [0.25, 0.3) is 0 Å². The number of carbonyl (C=O) groups is 2. The highest BCUT2D eigenvalue weighted by Gasteiger charge is 2.48. The molecule has 9 unspecified atom stereocenters. The molecule has 0 aromatic heterocycles. The maximum absolute atomic E-state index is 13.9. The summed E-state index contributed by atoms with van der Waals surface area (Å²) in [4.78, 5) is 27.2. The Morgan fingerprint density at radius 1 is 1.04 bits per heavy atom. The lowest BCUT2D eigenvalue weighted by Gasteiger charge is -2.47. The van der Waals surface area contributed by atoms with Gasteiger partial charge in [-0.1, -0.05) is 87.0 Å². The Labute approximate surface area is 284 Å². The average molecular weight is 676 g/mol. The van der Waals surface area contributed by atoms with Crippen molar-refractivity contribution in [1.29, 1.82) is 0 Å². The summed E-state index contributed by atoms with van der Waals surface area (Å²) in [6.45, 7) is 30.7. The number of rotatable bonds is 12. The Balaban J connectivity index is 1.91. The summed E-state index contributed by atoms with van der Waals surface area (Å²) in [5.74, 6) is 0.495. The Morgan fingerprint density at radius 2 is 1.70 bits per heavy atom.